The summed E-state index contributed by atoms with van der Waals surface area (Å²) in [6.45, 7) is 2.74. The average molecular weight is 287 g/mol. The molecule has 104 valence electrons. The quantitative estimate of drug-likeness (QED) is 0.780. The van der Waals surface area contributed by atoms with Crippen molar-refractivity contribution >= 4 is 23.4 Å². The molecule has 0 aliphatic rings. The van der Waals surface area contributed by atoms with Gasteiger partial charge in [-0.1, -0.05) is 6.92 Å². The van der Waals surface area contributed by atoms with Gasteiger partial charge in [-0.3, -0.25) is 9.59 Å². The van der Waals surface area contributed by atoms with Crippen molar-refractivity contribution in [2.75, 3.05) is 19.0 Å². The van der Waals surface area contributed by atoms with Crippen LogP contribution in [0.1, 0.15) is 17.3 Å². The van der Waals surface area contributed by atoms with Crippen LogP contribution in [0.25, 0.3) is 0 Å². The van der Waals surface area contributed by atoms with Crippen molar-refractivity contribution in [3.05, 3.63) is 35.6 Å². The van der Waals surface area contributed by atoms with Crippen LogP contribution in [0.4, 0.5) is 4.39 Å². The maximum absolute atomic E-state index is 12.7. The van der Waals surface area contributed by atoms with Gasteiger partial charge < -0.3 is 10.6 Å². The van der Waals surface area contributed by atoms with Crippen molar-refractivity contribution in [3.8, 4) is 0 Å². The van der Waals surface area contributed by atoms with E-state index in [1.54, 1.807) is 0 Å². The number of carbonyl (C=O) groups excluding carboxylic acids is 2. The third-order valence-corrected chi connectivity index (χ3v) is 2.73. The standard InChI is InChI=1S/C13H16ClFN2O2/c1-9(7-16-12(18)6-14)8-17-13(19)10-2-4-11(15)5-3-10/h2-5,9H,6-8H2,1H3,(H,16,18)(H,17,19). The third kappa shape index (κ3) is 5.70. The van der Waals surface area contributed by atoms with Gasteiger partial charge in [-0.2, -0.15) is 0 Å². The zero-order chi connectivity index (χ0) is 14.3. The van der Waals surface area contributed by atoms with Gasteiger partial charge in [0.1, 0.15) is 11.7 Å². The predicted octanol–water partition coefficient (Wildman–Crippen LogP) is 1.55. The zero-order valence-electron chi connectivity index (χ0n) is 10.6. The number of halogens is 2. The van der Waals surface area contributed by atoms with Crippen molar-refractivity contribution in [1.82, 2.24) is 10.6 Å². The molecule has 19 heavy (non-hydrogen) atoms. The van der Waals surface area contributed by atoms with Crippen molar-refractivity contribution < 1.29 is 14.0 Å². The highest BCUT2D eigenvalue weighted by Gasteiger charge is 2.09. The monoisotopic (exact) mass is 286 g/mol. The predicted molar refractivity (Wildman–Crippen MR) is 71.6 cm³/mol. The van der Waals surface area contributed by atoms with Crippen LogP contribution in [-0.2, 0) is 4.79 Å². The maximum Gasteiger partial charge on any atom is 0.251 e. The van der Waals surface area contributed by atoms with E-state index in [4.69, 9.17) is 11.6 Å². The fourth-order valence-electron chi connectivity index (χ4n) is 1.38. The summed E-state index contributed by atoms with van der Waals surface area (Å²) in [6.07, 6.45) is 0. The molecule has 0 bridgehead atoms. The average Bonchev–Trinajstić information content (AvgIpc) is 2.42. The number of nitrogens with one attached hydrogen (secondary N) is 2. The molecule has 1 unspecified atom stereocenters. The van der Waals surface area contributed by atoms with E-state index in [1.807, 2.05) is 6.92 Å². The summed E-state index contributed by atoms with van der Waals surface area (Å²) >= 11 is 5.34. The Kier molecular flexibility index (Phi) is 6.29. The topological polar surface area (TPSA) is 58.2 Å². The number of hydrogen-bond acceptors (Lipinski definition) is 2. The highest BCUT2D eigenvalue weighted by Crippen LogP contribution is 2.02. The molecule has 0 aromatic heterocycles. The summed E-state index contributed by atoms with van der Waals surface area (Å²) in [7, 11) is 0. The largest absolute Gasteiger partial charge is 0.355 e. The zero-order valence-corrected chi connectivity index (χ0v) is 11.3. The first kappa shape index (κ1) is 15.4. The Labute approximate surface area is 116 Å². The van der Waals surface area contributed by atoms with Crippen molar-refractivity contribution in [3.63, 3.8) is 0 Å². The molecule has 0 saturated heterocycles. The fraction of sp³-hybridized carbons (Fsp3) is 0.385. The molecule has 1 aromatic carbocycles. The number of rotatable bonds is 6. The van der Waals surface area contributed by atoms with Gasteiger partial charge in [-0.25, -0.2) is 4.39 Å². The number of hydrogen-bond donors (Lipinski definition) is 2. The Bertz CT molecular complexity index is 437. The fourth-order valence-corrected chi connectivity index (χ4v) is 1.47. The Morgan fingerprint density at radius 1 is 1.21 bits per heavy atom. The summed E-state index contributed by atoms with van der Waals surface area (Å²) in [5.41, 5.74) is 0.401. The van der Waals surface area contributed by atoms with Gasteiger partial charge in [0.2, 0.25) is 5.91 Å². The van der Waals surface area contributed by atoms with Gasteiger partial charge >= 0.3 is 0 Å². The van der Waals surface area contributed by atoms with Crippen molar-refractivity contribution in [2.45, 2.75) is 6.92 Å². The second-order valence-electron chi connectivity index (χ2n) is 4.26. The van der Waals surface area contributed by atoms with E-state index in [2.05, 4.69) is 10.6 Å². The second-order valence-corrected chi connectivity index (χ2v) is 4.53. The van der Waals surface area contributed by atoms with E-state index in [1.165, 1.54) is 24.3 Å². The van der Waals surface area contributed by atoms with E-state index >= 15 is 0 Å². The van der Waals surface area contributed by atoms with E-state index in [0.29, 0.717) is 18.7 Å². The number of alkyl halides is 1. The molecule has 0 spiro atoms. The van der Waals surface area contributed by atoms with Crippen LogP contribution < -0.4 is 10.6 Å². The van der Waals surface area contributed by atoms with E-state index < -0.39 is 0 Å². The molecule has 0 fully saturated rings. The minimum absolute atomic E-state index is 0.0747. The Morgan fingerprint density at radius 3 is 2.37 bits per heavy atom. The van der Waals surface area contributed by atoms with Crippen LogP contribution in [0.15, 0.2) is 24.3 Å². The highest BCUT2D eigenvalue weighted by atomic mass is 35.5. The summed E-state index contributed by atoms with van der Waals surface area (Å²) in [5.74, 6) is -0.881. The Morgan fingerprint density at radius 2 is 1.79 bits per heavy atom. The minimum atomic E-state index is -0.381. The minimum Gasteiger partial charge on any atom is -0.355 e. The SMILES string of the molecule is CC(CNC(=O)CCl)CNC(=O)c1ccc(F)cc1. The molecular formula is C13H16ClFN2O2. The second kappa shape index (κ2) is 7.74. The first-order chi connectivity index (χ1) is 9.02. The Balaban J connectivity index is 2.33. The summed E-state index contributed by atoms with van der Waals surface area (Å²) in [4.78, 5) is 22.7. The molecule has 2 N–H and O–H groups in total. The molecule has 1 atom stereocenters. The first-order valence-corrected chi connectivity index (χ1v) is 6.42. The molecule has 1 aromatic rings. The highest BCUT2D eigenvalue weighted by molar-refractivity contribution is 6.27. The lowest BCUT2D eigenvalue weighted by Gasteiger charge is -2.13. The summed E-state index contributed by atoms with van der Waals surface area (Å²) in [5, 5.41) is 5.35. The Hall–Kier alpha value is -1.62. The number of carbonyl (C=O) groups is 2. The molecule has 4 nitrogen and oxygen atoms in total. The van der Waals surface area contributed by atoms with Crippen LogP contribution >= 0.6 is 11.6 Å². The normalized spacial score (nSPS) is 11.7. The van der Waals surface area contributed by atoms with Crippen LogP contribution in [0.5, 0.6) is 0 Å². The first-order valence-electron chi connectivity index (χ1n) is 5.89. The van der Waals surface area contributed by atoms with Gasteiger partial charge in [0.25, 0.3) is 5.91 Å². The molecule has 0 aliphatic carbocycles. The van der Waals surface area contributed by atoms with Gasteiger partial charge in [-0.15, -0.1) is 11.6 Å². The lowest BCUT2D eigenvalue weighted by Crippen LogP contribution is -2.35. The van der Waals surface area contributed by atoms with Gasteiger partial charge in [-0.05, 0) is 30.2 Å². The molecule has 0 aliphatic heterocycles. The smallest absolute Gasteiger partial charge is 0.251 e. The van der Waals surface area contributed by atoms with Crippen LogP contribution in [0.3, 0.4) is 0 Å². The molecule has 2 amide bonds. The summed E-state index contributed by atoms with van der Waals surface area (Å²) < 4.78 is 12.7. The third-order valence-electron chi connectivity index (χ3n) is 2.49. The molecule has 0 heterocycles. The molecule has 1 rings (SSSR count). The van der Waals surface area contributed by atoms with Crippen LogP contribution in [0.2, 0.25) is 0 Å². The van der Waals surface area contributed by atoms with Crippen molar-refractivity contribution in [1.29, 1.82) is 0 Å². The van der Waals surface area contributed by atoms with Gasteiger partial charge in [0.15, 0.2) is 0 Å². The van der Waals surface area contributed by atoms with Crippen LogP contribution in [-0.4, -0.2) is 30.8 Å². The lowest BCUT2D eigenvalue weighted by molar-refractivity contribution is -0.118. The summed E-state index contributed by atoms with van der Waals surface area (Å²) in [6, 6.07) is 5.31. The lowest BCUT2D eigenvalue weighted by atomic mass is 10.1. The van der Waals surface area contributed by atoms with E-state index in [0.717, 1.165) is 0 Å². The molecular weight excluding hydrogens is 271 g/mol. The van der Waals surface area contributed by atoms with Crippen molar-refractivity contribution in [2.24, 2.45) is 5.92 Å². The number of amides is 2. The number of benzene rings is 1. The maximum atomic E-state index is 12.7. The van der Waals surface area contributed by atoms with Gasteiger partial charge in [0, 0.05) is 18.7 Å². The van der Waals surface area contributed by atoms with E-state index in [-0.39, 0.29) is 29.4 Å². The van der Waals surface area contributed by atoms with Gasteiger partial charge in [0.05, 0.1) is 0 Å². The molecule has 6 heteroatoms. The van der Waals surface area contributed by atoms with Crippen LogP contribution in [0, 0.1) is 11.7 Å². The molecule has 0 saturated carbocycles. The molecule has 0 radical (unpaired) electrons. The van der Waals surface area contributed by atoms with E-state index in [9.17, 15) is 14.0 Å².